The fraction of sp³-hybridized carbons (Fsp3) is 0.190. The van der Waals surface area contributed by atoms with Crippen LogP contribution in [0.25, 0.3) is 6.08 Å². The first-order valence-corrected chi connectivity index (χ1v) is 8.72. The molecule has 7 nitrogen and oxygen atoms in total. The zero-order valence-corrected chi connectivity index (χ0v) is 15.5. The average molecular weight is 382 g/mol. The highest BCUT2D eigenvalue weighted by atomic mass is 16.5. The van der Waals surface area contributed by atoms with Gasteiger partial charge in [-0.2, -0.15) is 0 Å². The number of hydrogen-bond donors (Lipinski definition) is 3. The summed E-state index contributed by atoms with van der Waals surface area (Å²) >= 11 is 0. The molecule has 3 N–H and O–H groups in total. The van der Waals surface area contributed by atoms with Crippen LogP contribution in [0.1, 0.15) is 28.8 Å². The van der Waals surface area contributed by atoms with E-state index in [0.717, 1.165) is 5.56 Å². The number of ether oxygens (including phenoxy) is 1. The summed E-state index contributed by atoms with van der Waals surface area (Å²) < 4.78 is 5.19. The maximum Gasteiger partial charge on any atom is 0.303 e. The second-order valence-corrected chi connectivity index (χ2v) is 5.88. The number of carboxylic acids is 1. The third-order valence-corrected chi connectivity index (χ3v) is 3.81. The molecule has 2 aromatic carbocycles. The number of rotatable bonds is 9. The fourth-order valence-corrected chi connectivity index (χ4v) is 2.43. The van der Waals surface area contributed by atoms with E-state index in [-0.39, 0.29) is 18.7 Å². The molecule has 146 valence electrons. The lowest BCUT2D eigenvalue weighted by molar-refractivity contribution is -0.137. The topological polar surface area (TPSA) is 105 Å². The Labute approximate surface area is 163 Å². The van der Waals surface area contributed by atoms with Gasteiger partial charge in [-0.1, -0.05) is 42.5 Å². The molecule has 0 radical (unpaired) electrons. The van der Waals surface area contributed by atoms with E-state index in [1.165, 1.54) is 7.11 Å². The van der Waals surface area contributed by atoms with Gasteiger partial charge in [0.05, 0.1) is 12.7 Å². The molecular formula is C21H22N2O5. The van der Waals surface area contributed by atoms with E-state index in [2.05, 4.69) is 10.6 Å². The molecule has 0 heterocycles. The summed E-state index contributed by atoms with van der Waals surface area (Å²) in [7, 11) is 1.46. The lowest BCUT2D eigenvalue weighted by atomic mass is 10.1. The molecule has 0 atom stereocenters. The van der Waals surface area contributed by atoms with Crippen molar-refractivity contribution < 1.29 is 24.2 Å². The first-order chi connectivity index (χ1) is 13.5. The van der Waals surface area contributed by atoms with Crippen LogP contribution in [-0.2, 0) is 9.59 Å². The first kappa shape index (κ1) is 20.7. The van der Waals surface area contributed by atoms with Crippen molar-refractivity contribution in [1.82, 2.24) is 10.6 Å². The number of amides is 2. The molecular weight excluding hydrogens is 360 g/mol. The highest BCUT2D eigenvalue weighted by Gasteiger charge is 2.17. The Hall–Kier alpha value is -3.61. The van der Waals surface area contributed by atoms with Crippen molar-refractivity contribution in [2.24, 2.45) is 0 Å². The van der Waals surface area contributed by atoms with E-state index in [9.17, 15) is 14.4 Å². The van der Waals surface area contributed by atoms with Gasteiger partial charge >= 0.3 is 5.97 Å². The highest BCUT2D eigenvalue weighted by molar-refractivity contribution is 6.06. The predicted octanol–water partition coefficient (Wildman–Crippen LogP) is 2.45. The third-order valence-electron chi connectivity index (χ3n) is 3.81. The molecule has 0 unspecified atom stereocenters. The molecule has 7 heteroatoms. The van der Waals surface area contributed by atoms with Gasteiger partial charge in [-0.15, -0.1) is 0 Å². The Morgan fingerprint density at radius 2 is 1.71 bits per heavy atom. The van der Waals surface area contributed by atoms with E-state index in [1.54, 1.807) is 42.5 Å². The Morgan fingerprint density at radius 3 is 2.39 bits per heavy atom. The number of aliphatic carboxylic acids is 1. The normalized spacial score (nSPS) is 10.8. The van der Waals surface area contributed by atoms with Gasteiger partial charge in [0.25, 0.3) is 11.8 Å². The van der Waals surface area contributed by atoms with Crippen LogP contribution in [-0.4, -0.2) is 36.5 Å². The van der Waals surface area contributed by atoms with E-state index in [4.69, 9.17) is 9.84 Å². The van der Waals surface area contributed by atoms with Crippen LogP contribution in [0.4, 0.5) is 0 Å². The molecule has 0 spiro atoms. The summed E-state index contributed by atoms with van der Waals surface area (Å²) in [6.45, 7) is 0.182. The number of carboxylic acid groups (broad SMARTS) is 1. The first-order valence-electron chi connectivity index (χ1n) is 8.72. The Morgan fingerprint density at radius 1 is 1.04 bits per heavy atom. The lowest BCUT2D eigenvalue weighted by Crippen LogP contribution is -2.35. The molecule has 0 saturated heterocycles. The number of benzene rings is 2. The van der Waals surface area contributed by atoms with Crippen LogP contribution >= 0.6 is 0 Å². The van der Waals surface area contributed by atoms with Gasteiger partial charge in [0.2, 0.25) is 0 Å². The molecule has 2 aromatic rings. The van der Waals surface area contributed by atoms with Gasteiger partial charge in [0.1, 0.15) is 11.4 Å². The highest BCUT2D eigenvalue weighted by Crippen LogP contribution is 2.17. The van der Waals surface area contributed by atoms with Gasteiger partial charge < -0.3 is 20.5 Å². The summed E-state index contributed by atoms with van der Waals surface area (Å²) in [4.78, 5) is 35.8. The molecule has 0 saturated carbocycles. The monoisotopic (exact) mass is 382 g/mol. The van der Waals surface area contributed by atoms with Crippen LogP contribution in [0.15, 0.2) is 60.3 Å². The Kier molecular flexibility index (Phi) is 7.77. The number of para-hydroxylation sites is 1. The molecule has 0 aromatic heterocycles. The molecule has 0 aliphatic carbocycles. The second kappa shape index (κ2) is 10.5. The molecule has 0 aliphatic heterocycles. The number of hydrogen-bond acceptors (Lipinski definition) is 4. The number of carbonyl (C=O) groups excluding carboxylic acids is 2. The summed E-state index contributed by atoms with van der Waals surface area (Å²) in [5.41, 5.74) is 1.08. The predicted molar refractivity (Wildman–Crippen MR) is 105 cm³/mol. The van der Waals surface area contributed by atoms with Crippen molar-refractivity contribution in [2.45, 2.75) is 12.8 Å². The minimum absolute atomic E-state index is 0.0500. The standard InChI is InChI=1S/C21H22N2O5/c1-28-18-11-6-5-10-16(18)20(26)23-17(14-15-8-3-2-4-9-15)21(27)22-13-7-12-19(24)25/h2-6,8-11,14H,7,12-13H2,1H3,(H,22,27)(H,23,26)(H,24,25)/b17-14-. The second-order valence-electron chi connectivity index (χ2n) is 5.88. The summed E-state index contributed by atoms with van der Waals surface area (Å²) in [5, 5.41) is 13.9. The molecule has 0 bridgehead atoms. The molecule has 0 aliphatic rings. The SMILES string of the molecule is COc1ccccc1C(=O)N/C(=C\c1ccccc1)C(=O)NCCCC(=O)O. The fourth-order valence-electron chi connectivity index (χ4n) is 2.43. The van der Waals surface area contributed by atoms with Gasteiger partial charge in [0.15, 0.2) is 0 Å². The van der Waals surface area contributed by atoms with Crippen LogP contribution in [0.2, 0.25) is 0 Å². The van der Waals surface area contributed by atoms with E-state index in [1.807, 2.05) is 18.2 Å². The number of nitrogens with one attached hydrogen (secondary N) is 2. The van der Waals surface area contributed by atoms with Gasteiger partial charge in [-0.05, 0) is 30.2 Å². The van der Waals surface area contributed by atoms with Crippen LogP contribution in [0, 0.1) is 0 Å². The van der Waals surface area contributed by atoms with Gasteiger partial charge in [-0.3, -0.25) is 14.4 Å². The van der Waals surface area contributed by atoms with E-state index >= 15 is 0 Å². The van der Waals surface area contributed by atoms with Crippen molar-refractivity contribution in [3.8, 4) is 5.75 Å². The number of carbonyl (C=O) groups is 3. The average Bonchev–Trinajstić information content (AvgIpc) is 2.71. The van der Waals surface area contributed by atoms with Crippen LogP contribution in [0.3, 0.4) is 0 Å². The lowest BCUT2D eigenvalue weighted by Gasteiger charge is -2.12. The molecule has 2 rings (SSSR count). The molecule has 2 amide bonds. The van der Waals surface area contributed by atoms with Crippen molar-refractivity contribution in [2.75, 3.05) is 13.7 Å². The van der Waals surface area contributed by atoms with E-state index < -0.39 is 17.8 Å². The van der Waals surface area contributed by atoms with Crippen LogP contribution in [0.5, 0.6) is 5.75 Å². The van der Waals surface area contributed by atoms with Crippen molar-refractivity contribution >= 4 is 23.9 Å². The largest absolute Gasteiger partial charge is 0.496 e. The van der Waals surface area contributed by atoms with Crippen molar-refractivity contribution in [1.29, 1.82) is 0 Å². The molecule has 0 fully saturated rings. The van der Waals surface area contributed by atoms with Crippen LogP contribution < -0.4 is 15.4 Å². The molecule has 28 heavy (non-hydrogen) atoms. The van der Waals surface area contributed by atoms with Gasteiger partial charge in [0, 0.05) is 13.0 Å². The third kappa shape index (κ3) is 6.28. The minimum atomic E-state index is -0.932. The van der Waals surface area contributed by atoms with Crippen molar-refractivity contribution in [3.63, 3.8) is 0 Å². The van der Waals surface area contributed by atoms with Gasteiger partial charge in [-0.25, -0.2) is 0 Å². The Bertz CT molecular complexity index is 862. The number of methoxy groups -OCH3 is 1. The van der Waals surface area contributed by atoms with E-state index in [0.29, 0.717) is 17.7 Å². The minimum Gasteiger partial charge on any atom is -0.496 e. The van der Waals surface area contributed by atoms with Crippen molar-refractivity contribution in [3.05, 3.63) is 71.4 Å². The summed E-state index contributed by atoms with van der Waals surface area (Å²) in [5.74, 6) is -1.53. The smallest absolute Gasteiger partial charge is 0.303 e. The summed E-state index contributed by atoms with van der Waals surface area (Å²) in [6.07, 6.45) is 1.80. The zero-order valence-electron chi connectivity index (χ0n) is 15.5. The zero-order chi connectivity index (χ0) is 20.4. The quantitative estimate of drug-likeness (QED) is 0.456. The maximum atomic E-state index is 12.7. The Balaban J connectivity index is 2.18. The summed E-state index contributed by atoms with van der Waals surface area (Å²) in [6, 6.07) is 15.8. The maximum absolute atomic E-state index is 12.7.